The van der Waals surface area contributed by atoms with Gasteiger partial charge in [-0.3, -0.25) is 10.1 Å². The van der Waals surface area contributed by atoms with Crippen LogP contribution in [0.1, 0.15) is 11.3 Å². The fraction of sp³-hybridized carbons (Fsp3) is 0.0526. The van der Waals surface area contributed by atoms with Crippen molar-refractivity contribution < 1.29 is 4.92 Å². The van der Waals surface area contributed by atoms with Crippen molar-refractivity contribution in [1.29, 1.82) is 0 Å². The third-order valence-corrected chi connectivity index (χ3v) is 7.71. The predicted octanol–water partition coefficient (Wildman–Crippen LogP) is 4.61. The summed E-state index contributed by atoms with van der Waals surface area (Å²) in [7, 11) is 0. The Kier molecular flexibility index (Phi) is 6.26. The Morgan fingerprint density at radius 2 is 1.93 bits per heavy atom. The van der Waals surface area contributed by atoms with Crippen LogP contribution in [0.2, 0.25) is 0 Å². The van der Waals surface area contributed by atoms with Crippen LogP contribution in [-0.2, 0) is 5.75 Å². The molecule has 29 heavy (non-hydrogen) atoms. The summed E-state index contributed by atoms with van der Waals surface area (Å²) >= 11 is 3.26. The van der Waals surface area contributed by atoms with Gasteiger partial charge in [-0.25, -0.2) is 0 Å². The standard InChI is InChI=1S/C19H13N5O2S2Se/c25-24(26)16-8-6-13(7-9-16)10-20-18-22-23-19(28-18)27-11-15-12-29-17(21-15)14-4-2-1-3-5-14/h1-10,12H,11H2. The van der Waals surface area contributed by atoms with Gasteiger partial charge in [0, 0.05) is 0 Å². The molecule has 0 aliphatic heterocycles. The number of rotatable bonds is 7. The first-order chi connectivity index (χ1) is 14.2. The molecule has 7 nitrogen and oxygen atoms in total. The van der Waals surface area contributed by atoms with E-state index in [-0.39, 0.29) is 20.2 Å². The van der Waals surface area contributed by atoms with Gasteiger partial charge in [-0.2, -0.15) is 0 Å². The number of thioether (sulfide) groups is 1. The average molecular weight is 486 g/mol. The quantitative estimate of drug-likeness (QED) is 0.125. The summed E-state index contributed by atoms with van der Waals surface area (Å²) in [5.74, 6) is 0.749. The van der Waals surface area contributed by atoms with Gasteiger partial charge >= 0.3 is 160 Å². The van der Waals surface area contributed by atoms with E-state index in [2.05, 4.69) is 32.3 Å². The number of aliphatic imine (C=N–C) groups is 1. The van der Waals surface area contributed by atoms with E-state index >= 15 is 0 Å². The van der Waals surface area contributed by atoms with Crippen molar-refractivity contribution >= 4 is 54.6 Å². The molecule has 2 aromatic heterocycles. The van der Waals surface area contributed by atoms with Crippen LogP contribution in [0.15, 0.2) is 68.9 Å². The van der Waals surface area contributed by atoms with Gasteiger partial charge in [0.25, 0.3) is 5.69 Å². The summed E-state index contributed by atoms with van der Waals surface area (Å²) in [6.07, 6.45) is 1.62. The van der Waals surface area contributed by atoms with E-state index in [9.17, 15) is 10.1 Å². The normalized spacial score (nSPS) is 11.2. The number of non-ortho nitro benzene ring substituents is 1. The minimum atomic E-state index is -0.428. The summed E-state index contributed by atoms with van der Waals surface area (Å²) in [5, 5.41) is 19.5. The molecular formula is C19H13N5O2S2Se. The second kappa shape index (κ2) is 9.23. The SMILES string of the molecule is O=[N+]([O-])c1ccc(C=Nc2nnc(SCc3c[se]c(-c4ccccc4)n3)s2)cc1. The molecule has 0 amide bonds. The first kappa shape index (κ1) is 19.7. The van der Waals surface area contributed by atoms with E-state index in [0.29, 0.717) is 5.13 Å². The number of nitro groups is 1. The Bertz CT molecular complexity index is 1140. The monoisotopic (exact) mass is 487 g/mol. The van der Waals surface area contributed by atoms with Crippen LogP contribution in [0.4, 0.5) is 10.8 Å². The van der Waals surface area contributed by atoms with Crippen molar-refractivity contribution in [2.75, 3.05) is 0 Å². The molecule has 4 aromatic rings. The van der Waals surface area contributed by atoms with E-state index in [1.54, 1.807) is 30.1 Å². The fourth-order valence-electron chi connectivity index (χ4n) is 2.35. The summed E-state index contributed by atoms with van der Waals surface area (Å²) in [6.45, 7) is 0. The van der Waals surface area contributed by atoms with E-state index in [1.165, 1.54) is 29.0 Å². The molecule has 0 bridgehead atoms. The molecule has 0 aliphatic rings. The molecule has 0 atom stereocenters. The van der Waals surface area contributed by atoms with Gasteiger partial charge in [0.05, 0.1) is 4.92 Å². The van der Waals surface area contributed by atoms with Crippen LogP contribution < -0.4 is 0 Å². The number of nitro benzene ring substituents is 1. The average Bonchev–Trinajstić information content (AvgIpc) is 3.41. The Balaban J connectivity index is 1.35. The predicted molar refractivity (Wildman–Crippen MR) is 116 cm³/mol. The molecule has 10 heteroatoms. The number of benzene rings is 2. The molecule has 0 spiro atoms. The van der Waals surface area contributed by atoms with Crippen molar-refractivity contribution in [3.8, 4) is 10.1 Å². The first-order valence-electron chi connectivity index (χ1n) is 8.42. The van der Waals surface area contributed by atoms with Crippen molar-refractivity contribution in [2.24, 2.45) is 4.99 Å². The van der Waals surface area contributed by atoms with Gasteiger partial charge in [0.2, 0.25) is 0 Å². The van der Waals surface area contributed by atoms with Crippen molar-refractivity contribution in [3.63, 3.8) is 0 Å². The molecule has 0 saturated carbocycles. The third-order valence-electron chi connectivity index (χ3n) is 3.74. The van der Waals surface area contributed by atoms with Crippen molar-refractivity contribution in [3.05, 3.63) is 80.9 Å². The second-order valence-corrected chi connectivity index (χ2v) is 9.73. The zero-order valence-corrected chi connectivity index (χ0v) is 18.2. The van der Waals surface area contributed by atoms with Crippen molar-refractivity contribution in [1.82, 2.24) is 15.2 Å². The minimum absolute atomic E-state index is 0.0532. The van der Waals surface area contributed by atoms with Gasteiger partial charge in [0.15, 0.2) is 0 Å². The topological polar surface area (TPSA) is 94.2 Å². The molecule has 4 rings (SSSR count). The van der Waals surface area contributed by atoms with Gasteiger partial charge in [-0.05, 0) is 0 Å². The molecule has 0 saturated heterocycles. The second-order valence-electron chi connectivity index (χ2n) is 5.76. The fourth-order valence-corrected chi connectivity index (χ4v) is 5.90. The molecule has 0 aliphatic carbocycles. The Hall–Kier alpha value is -2.65. The van der Waals surface area contributed by atoms with Gasteiger partial charge in [-0.15, -0.1) is 0 Å². The summed E-state index contributed by atoms with van der Waals surface area (Å²) < 4.78 is 1.98. The van der Waals surface area contributed by atoms with E-state index in [4.69, 9.17) is 4.98 Å². The Labute approximate surface area is 180 Å². The molecule has 2 aromatic carbocycles. The van der Waals surface area contributed by atoms with Crippen LogP contribution in [-0.4, -0.2) is 40.8 Å². The summed E-state index contributed by atoms with van der Waals surface area (Å²) in [6, 6.07) is 16.4. The third kappa shape index (κ3) is 5.24. The maximum absolute atomic E-state index is 10.7. The van der Waals surface area contributed by atoms with Crippen LogP contribution in [0.5, 0.6) is 0 Å². The van der Waals surface area contributed by atoms with E-state index < -0.39 is 4.92 Å². The number of aromatic nitrogens is 3. The molecule has 0 radical (unpaired) electrons. The Morgan fingerprint density at radius 1 is 1.14 bits per heavy atom. The van der Waals surface area contributed by atoms with E-state index in [1.807, 2.05) is 18.2 Å². The number of hydrogen-bond acceptors (Lipinski definition) is 8. The van der Waals surface area contributed by atoms with Crippen LogP contribution in [0, 0.1) is 10.1 Å². The van der Waals surface area contributed by atoms with E-state index in [0.717, 1.165) is 25.9 Å². The first-order valence-corrected chi connectivity index (χ1v) is 12.1. The Morgan fingerprint density at radius 3 is 2.69 bits per heavy atom. The van der Waals surface area contributed by atoms with Crippen LogP contribution >= 0.6 is 23.1 Å². The zero-order chi connectivity index (χ0) is 20.1. The summed E-state index contributed by atoms with van der Waals surface area (Å²) in [4.78, 5) is 21.5. The summed E-state index contributed by atoms with van der Waals surface area (Å²) in [5.41, 5.74) is 3.07. The van der Waals surface area contributed by atoms with Gasteiger partial charge in [-0.1, -0.05) is 0 Å². The van der Waals surface area contributed by atoms with Gasteiger partial charge in [0.1, 0.15) is 0 Å². The molecule has 0 fully saturated rings. The number of hydrogen-bond donors (Lipinski definition) is 0. The van der Waals surface area contributed by atoms with Crippen LogP contribution in [0.25, 0.3) is 10.1 Å². The molecular weight excluding hydrogens is 473 g/mol. The maximum atomic E-state index is 10.7. The number of nitrogens with zero attached hydrogens (tertiary/aromatic N) is 5. The molecule has 0 N–H and O–H groups in total. The van der Waals surface area contributed by atoms with Gasteiger partial charge < -0.3 is 0 Å². The van der Waals surface area contributed by atoms with Crippen molar-refractivity contribution in [2.45, 2.75) is 10.1 Å². The molecule has 144 valence electrons. The zero-order valence-electron chi connectivity index (χ0n) is 14.8. The molecule has 2 heterocycles. The molecule has 0 unspecified atom stereocenters. The van der Waals surface area contributed by atoms with Crippen LogP contribution in [0.3, 0.4) is 0 Å².